The Labute approximate surface area is 336 Å². The molecule has 0 aliphatic carbocycles. The summed E-state index contributed by atoms with van der Waals surface area (Å²) in [5, 5.41) is 7.52. The van der Waals surface area contributed by atoms with Crippen molar-refractivity contribution in [1.82, 2.24) is 19.3 Å². The van der Waals surface area contributed by atoms with Crippen LogP contribution in [-0.2, 0) is 44.7 Å². The average molecular weight is 896 g/mol. The van der Waals surface area contributed by atoms with Crippen molar-refractivity contribution in [2.24, 2.45) is 0 Å². The maximum Gasteiger partial charge on any atom is 2.00 e. The predicted molar refractivity (Wildman–Crippen MR) is 220 cm³/mol. The minimum absolute atomic E-state index is 0. The van der Waals surface area contributed by atoms with E-state index in [0.717, 1.165) is 57.4 Å². The fourth-order valence-electron chi connectivity index (χ4n) is 7.29. The molecule has 0 fully saturated rings. The van der Waals surface area contributed by atoms with Crippen LogP contribution in [0.4, 0.5) is 0 Å². The van der Waals surface area contributed by atoms with Crippen molar-refractivity contribution in [1.29, 1.82) is 0 Å². The first-order valence-corrected chi connectivity index (χ1v) is 19.1. The number of hydrogen-bond acceptors (Lipinski definition) is 3. The average Bonchev–Trinajstić information content (AvgIpc) is 3.66. The second kappa shape index (κ2) is 15.0. The van der Waals surface area contributed by atoms with Gasteiger partial charge in [-0.25, -0.2) is 4.98 Å². The summed E-state index contributed by atoms with van der Waals surface area (Å²) in [5.41, 5.74) is 12.6. The molecule has 0 N–H and O–H groups in total. The van der Waals surface area contributed by atoms with E-state index in [4.69, 9.17) is 14.8 Å². The van der Waals surface area contributed by atoms with Crippen LogP contribution >= 0.6 is 0 Å². The van der Waals surface area contributed by atoms with Crippen molar-refractivity contribution in [3.05, 3.63) is 131 Å². The number of nitrogens with zero attached hydrogens (tertiary/aromatic N) is 4. The molecule has 280 valence electrons. The molecule has 0 bridgehead atoms. The van der Waals surface area contributed by atoms with Crippen LogP contribution in [0.25, 0.3) is 44.4 Å². The van der Waals surface area contributed by atoms with E-state index in [1.165, 1.54) is 33.5 Å². The van der Waals surface area contributed by atoms with Crippen LogP contribution in [0.15, 0.2) is 85.1 Å². The number of para-hydroxylation sites is 1. The zero-order chi connectivity index (χ0) is 37.8. The Morgan fingerprint density at radius 3 is 2.11 bits per heavy atom. The van der Waals surface area contributed by atoms with Gasteiger partial charge in [0.05, 0.1) is 5.69 Å². The minimum Gasteiger partial charge on any atom is -0.509 e. The van der Waals surface area contributed by atoms with Crippen molar-refractivity contribution in [2.75, 3.05) is 0 Å². The smallest absolute Gasteiger partial charge is 0.509 e. The third kappa shape index (κ3) is 7.45. The van der Waals surface area contributed by atoms with Gasteiger partial charge >= 0.3 is 21.1 Å². The van der Waals surface area contributed by atoms with Crippen LogP contribution < -0.4 is 4.74 Å². The molecular formula is C48H52N4OPt. The van der Waals surface area contributed by atoms with Crippen LogP contribution in [0, 0.1) is 19.1 Å². The second-order valence-electron chi connectivity index (χ2n) is 16.7. The van der Waals surface area contributed by atoms with E-state index in [2.05, 4.69) is 164 Å². The number of benzene rings is 4. The fraction of sp³-hybridized carbons (Fsp3) is 0.333. The molecule has 6 heteroatoms. The van der Waals surface area contributed by atoms with Gasteiger partial charge in [-0.1, -0.05) is 118 Å². The number of fused-ring (bicyclic) bond motifs is 3. The van der Waals surface area contributed by atoms with Gasteiger partial charge < -0.3 is 9.30 Å². The zero-order valence-corrected chi connectivity index (χ0v) is 35.9. The summed E-state index contributed by atoms with van der Waals surface area (Å²) in [6.07, 6.45) is 3.55. The molecular weight excluding hydrogens is 844 g/mol. The number of rotatable bonds is 8. The number of ether oxygens (including phenoxy) is 1. The molecule has 0 spiro atoms. The maximum atomic E-state index is 6.62. The molecule has 0 unspecified atom stereocenters. The van der Waals surface area contributed by atoms with E-state index in [1.54, 1.807) is 0 Å². The quantitative estimate of drug-likeness (QED) is 0.143. The normalized spacial score (nSPS) is 12.1. The van der Waals surface area contributed by atoms with Crippen molar-refractivity contribution >= 4 is 21.8 Å². The van der Waals surface area contributed by atoms with Gasteiger partial charge in [-0.3, -0.25) is 4.68 Å². The van der Waals surface area contributed by atoms with E-state index in [9.17, 15) is 0 Å². The van der Waals surface area contributed by atoms with Crippen LogP contribution in [0.3, 0.4) is 0 Å². The molecule has 54 heavy (non-hydrogen) atoms. The largest absolute Gasteiger partial charge is 2.00 e. The standard InChI is InChI=1S/C48H52N4O.Pt/c1-12-41-46(33-24-34(47(6,7)8)27-35(25-33)48(9,10)11)42(13-2)52(50-41)36-22-31(5)23-38(28-36)53-37-18-19-40-39-16-14-15-17-43(39)51(44(40)29-37)45-26-32(30(3)4)20-21-49-45;/h14-27,30H,12-13H2,1-11H3;/q-2;+2. The van der Waals surface area contributed by atoms with Gasteiger partial charge in [0.1, 0.15) is 5.82 Å². The Bertz CT molecular complexity index is 2440. The number of pyridine rings is 1. The molecule has 0 aliphatic heterocycles. The summed E-state index contributed by atoms with van der Waals surface area (Å²) in [6, 6.07) is 35.4. The predicted octanol–water partition coefficient (Wildman–Crippen LogP) is 12.6. The van der Waals surface area contributed by atoms with Gasteiger partial charge in [0.15, 0.2) is 0 Å². The van der Waals surface area contributed by atoms with Crippen LogP contribution in [-0.4, -0.2) is 19.3 Å². The molecule has 0 saturated carbocycles. The summed E-state index contributed by atoms with van der Waals surface area (Å²) in [4.78, 5) is 4.81. The summed E-state index contributed by atoms with van der Waals surface area (Å²) >= 11 is 0. The summed E-state index contributed by atoms with van der Waals surface area (Å²) in [6.45, 7) is 24.7. The van der Waals surface area contributed by atoms with Crippen molar-refractivity contribution in [3.63, 3.8) is 0 Å². The van der Waals surface area contributed by atoms with Crippen LogP contribution in [0.5, 0.6) is 11.5 Å². The van der Waals surface area contributed by atoms with E-state index in [-0.39, 0.29) is 31.9 Å². The molecule has 3 heterocycles. The SMILES string of the molecule is CCc1nn(-c2[c-]c(Oc3[c-]c4c(cc3)c3ccccc3n4-c3cc(C(C)C)ccn3)cc(C)c2)c(CC)c1-c1cc(C(C)(C)C)cc(C(C)(C)C)c1.[Pt+2]. The Balaban J connectivity index is 0.00000497. The van der Waals surface area contributed by atoms with E-state index in [1.807, 2.05) is 18.3 Å². The number of aromatic nitrogens is 4. The molecule has 0 atom stereocenters. The first-order chi connectivity index (χ1) is 25.2. The van der Waals surface area contributed by atoms with Gasteiger partial charge in [0.2, 0.25) is 0 Å². The summed E-state index contributed by atoms with van der Waals surface area (Å²) < 4.78 is 10.9. The molecule has 7 aromatic rings. The molecule has 3 aromatic heterocycles. The van der Waals surface area contributed by atoms with E-state index in [0.29, 0.717) is 17.4 Å². The maximum absolute atomic E-state index is 6.62. The third-order valence-corrected chi connectivity index (χ3v) is 10.3. The molecule has 4 aromatic carbocycles. The second-order valence-corrected chi connectivity index (χ2v) is 16.7. The fourth-order valence-corrected chi connectivity index (χ4v) is 7.29. The van der Waals surface area contributed by atoms with Crippen molar-refractivity contribution < 1.29 is 25.8 Å². The first-order valence-electron chi connectivity index (χ1n) is 19.1. The zero-order valence-electron chi connectivity index (χ0n) is 33.6. The topological polar surface area (TPSA) is 44.9 Å². The van der Waals surface area contributed by atoms with Gasteiger partial charge in [-0.2, -0.15) is 16.7 Å². The molecule has 0 aliphatic rings. The number of aryl methyl sites for hydroxylation is 2. The van der Waals surface area contributed by atoms with Crippen LogP contribution in [0.1, 0.15) is 109 Å². The Morgan fingerprint density at radius 2 is 1.46 bits per heavy atom. The molecule has 7 rings (SSSR count). The van der Waals surface area contributed by atoms with Crippen molar-refractivity contribution in [2.45, 2.75) is 106 Å². The van der Waals surface area contributed by atoms with E-state index < -0.39 is 0 Å². The van der Waals surface area contributed by atoms with Crippen LogP contribution in [0.2, 0.25) is 0 Å². The Kier molecular flexibility index (Phi) is 10.9. The van der Waals surface area contributed by atoms with E-state index >= 15 is 0 Å². The Hall–Kier alpha value is -4.47. The first kappa shape index (κ1) is 39.2. The number of hydrogen-bond donors (Lipinski definition) is 0. The van der Waals surface area contributed by atoms with Gasteiger partial charge in [-0.05, 0) is 81.1 Å². The monoisotopic (exact) mass is 895 g/mol. The van der Waals surface area contributed by atoms with Crippen molar-refractivity contribution in [3.8, 4) is 34.1 Å². The Morgan fingerprint density at radius 1 is 0.759 bits per heavy atom. The summed E-state index contributed by atoms with van der Waals surface area (Å²) in [7, 11) is 0. The van der Waals surface area contributed by atoms with Gasteiger partial charge in [0, 0.05) is 34.5 Å². The molecule has 5 nitrogen and oxygen atoms in total. The summed E-state index contributed by atoms with van der Waals surface area (Å²) in [5.74, 6) is 2.51. The molecule has 0 saturated heterocycles. The molecule has 0 amide bonds. The van der Waals surface area contributed by atoms with Gasteiger partial charge in [0.25, 0.3) is 0 Å². The van der Waals surface area contributed by atoms with Gasteiger partial charge in [-0.15, -0.1) is 35.7 Å². The minimum atomic E-state index is 0. The third-order valence-electron chi connectivity index (χ3n) is 10.3. The molecule has 0 radical (unpaired) electrons.